The summed E-state index contributed by atoms with van der Waals surface area (Å²) in [5.74, 6) is -1.09. The molecule has 11 nitrogen and oxygen atoms in total. The smallest absolute Gasteiger partial charge is 0.408 e. The molecule has 0 aliphatic heterocycles. The van der Waals surface area contributed by atoms with Gasteiger partial charge in [0.25, 0.3) is 5.96 Å². The molecule has 0 radical (unpaired) electrons. The van der Waals surface area contributed by atoms with Gasteiger partial charge in [-0.3, -0.25) is 0 Å². The van der Waals surface area contributed by atoms with Crippen molar-refractivity contribution in [1.82, 2.24) is 10.7 Å². The van der Waals surface area contributed by atoms with Crippen molar-refractivity contribution in [3.8, 4) is 0 Å². The lowest BCUT2D eigenvalue weighted by molar-refractivity contribution is -0.525. The van der Waals surface area contributed by atoms with Gasteiger partial charge in [0, 0.05) is 6.54 Å². The lowest BCUT2D eigenvalue weighted by Gasteiger charge is -2.22. The normalized spacial score (nSPS) is 12.9. The van der Waals surface area contributed by atoms with E-state index in [4.69, 9.17) is 22.1 Å². The van der Waals surface area contributed by atoms with Crippen LogP contribution in [0.5, 0.6) is 0 Å². The van der Waals surface area contributed by atoms with Gasteiger partial charge in [0.15, 0.2) is 11.1 Å². The standard InChI is InChI=1S/C12H22ClN5O6/c1-12(2,3)24-11(20)16-8(9(19)23-7-13)5-4-6-15-10(14)17-18(21)22/h8H,4-7H2,1-3H3,(H,16,20)(H3,14,15,17). The molecule has 0 heterocycles. The van der Waals surface area contributed by atoms with E-state index >= 15 is 0 Å². The molecule has 1 unspecified atom stereocenters. The van der Waals surface area contributed by atoms with E-state index in [2.05, 4.69) is 15.0 Å². The second-order valence-corrected chi connectivity index (χ2v) is 5.77. The molecule has 0 saturated carbocycles. The Hall–Kier alpha value is -2.30. The van der Waals surface area contributed by atoms with Crippen LogP contribution >= 0.6 is 11.6 Å². The first-order valence-corrected chi connectivity index (χ1v) is 7.51. The summed E-state index contributed by atoms with van der Waals surface area (Å²) in [6, 6.07) is -1.35. The number of hydrazine groups is 1. The Morgan fingerprint density at radius 1 is 1.42 bits per heavy atom. The van der Waals surface area contributed by atoms with E-state index in [0.717, 1.165) is 0 Å². The molecular weight excluding hydrogens is 346 g/mol. The van der Waals surface area contributed by atoms with Crippen LogP contribution in [0.3, 0.4) is 0 Å². The lowest BCUT2D eigenvalue weighted by Crippen LogP contribution is -2.44. The maximum Gasteiger partial charge on any atom is 0.408 e. The van der Waals surface area contributed by atoms with E-state index in [1.807, 2.05) is 0 Å². The Morgan fingerprint density at radius 3 is 2.54 bits per heavy atom. The maximum absolute atomic E-state index is 11.8. The molecule has 1 atom stereocenters. The second-order valence-electron chi connectivity index (χ2n) is 5.55. The molecule has 0 aromatic rings. The van der Waals surface area contributed by atoms with E-state index in [9.17, 15) is 19.7 Å². The number of nitrogens with two attached hydrogens (primary N) is 1. The summed E-state index contributed by atoms with van der Waals surface area (Å²) >= 11 is 5.34. The van der Waals surface area contributed by atoms with Crippen molar-refractivity contribution in [2.45, 2.75) is 45.3 Å². The number of nitro groups is 1. The summed E-state index contributed by atoms with van der Waals surface area (Å²) in [6.07, 6.45) is -0.320. The van der Waals surface area contributed by atoms with Gasteiger partial charge in [-0.1, -0.05) is 17.0 Å². The average Bonchev–Trinajstić information content (AvgIpc) is 2.39. The van der Waals surface area contributed by atoms with Crippen LogP contribution < -0.4 is 16.5 Å². The third-order valence-corrected chi connectivity index (χ3v) is 2.42. The Balaban J connectivity index is 4.55. The molecule has 0 aromatic carbocycles. The van der Waals surface area contributed by atoms with Crippen molar-refractivity contribution >= 4 is 29.6 Å². The minimum Gasteiger partial charge on any atom is -0.448 e. The Kier molecular flexibility index (Phi) is 9.47. The van der Waals surface area contributed by atoms with Gasteiger partial charge in [0.2, 0.25) is 0 Å². The quantitative estimate of drug-likeness (QED) is 0.106. The number of amides is 1. The number of carbonyl (C=O) groups is 2. The van der Waals surface area contributed by atoms with Crippen molar-refractivity contribution in [1.29, 1.82) is 0 Å². The van der Waals surface area contributed by atoms with Crippen LogP contribution in [0.4, 0.5) is 4.79 Å². The number of hydrogen-bond donors (Lipinski definition) is 3. The van der Waals surface area contributed by atoms with Crippen molar-refractivity contribution in [3.63, 3.8) is 0 Å². The van der Waals surface area contributed by atoms with Crippen LogP contribution in [0.25, 0.3) is 0 Å². The number of esters is 1. The average molecular weight is 368 g/mol. The van der Waals surface area contributed by atoms with Gasteiger partial charge in [-0.2, -0.15) is 0 Å². The van der Waals surface area contributed by atoms with Crippen molar-refractivity contribution in [2.75, 3.05) is 12.6 Å². The topological polar surface area (TPSA) is 158 Å². The number of alkyl halides is 1. The Labute approximate surface area is 144 Å². The largest absolute Gasteiger partial charge is 0.448 e. The predicted octanol–water partition coefficient (Wildman–Crippen LogP) is 0.495. The Morgan fingerprint density at radius 2 is 2.04 bits per heavy atom. The van der Waals surface area contributed by atoms with Gasteiger partial charge in [0.05, 0.1) is 0 Å². The molecule has 4 N–H and O–H groups in total. The predicted molar refractivity (Wildman–Crippen MR) is 85.8 cm³/mol. The first kappa shape index (κ1) is 21.7. The highest BCUT2D eigenvalue weighted by Crippen LogP contribution is 2.08. The highest BCUT2D eigenvalue weighted by molar-refractivity contribution is 6.17. The molecule has 24 heavy (non-hydrogen) atoms. The van der Waals surface area contributed by atoms with Crippen LogP contribution in [0.1, 0.15) is 33.6 Å². The van der Waals surface area contributed by atoms with E-state index in [1.54, 1.807) is 26.2 Å². The van der Waals surface area contributed by atoms with E-state index < -0.39 is 28.7 Å². The van der Waals surface area contributed by atoms with Crippen LogP contribution in [0.15, 0.2) is 4.99 Å². The van der Waals surface area contributed by atoms with E-state index in [1.165, 1.54) is 0 Å². The maximum atomic E-state index is 11.8. The summed E-state index contributed by atoms with van der Waals surface area (Å²) in [7, 11) is 0. The zero-order valence-electron chi connectivity index (χ0n) is 13.7. The molecule has 12 heteroatoms. The summed E-state index contributed by atoms with van der Waals surface area (Å²) in [4.78, 5) is 37.4. The van der Waals surface area contributed by atoms with Gasteiger partial charge in [-0.15, -0.1) is 0 Å². The summed E-state index contributed by atoms with van der Waals surface area (Å²) in [5, 5.41) is 11.7. The summed E-state index contributed by atoms with van der Waals surface area (Å²) in [5.41, 5.74) is 6.21. The zero-order valence-corrected chi connectivity index (χ0v) is 14.5. The molecular formula is C12H22ClN5O6. The van der Waals surface area contributed by atoms with Crippen LogP contribution in [-0.4, -0.2) is 47.3 Å². The summed E-state index contributed by atoms with van der Waals surface area (Å²) in [6.45, 7) is 5.14. The molecule has 0 saturated heterocycles. The molecule has 1 amide bonds. The lowest BCUT2D eigenvalue weighted by atomic mass is 10.1. The number of alkyl carbamates (subject to hydrolysis) is 1. The van der Waals surface area contributed by atoms with Crippen molar-refractivity contribution < 1.29 is 24.1 Å². The van der Waals surface area contributed by atoms with Gasteiger partial charge >= 0.3 is 12.1 Å². The number of hydrogen-bond acceptors (Lipinski definition) is 7. The molecule has 0 bridgehead atoms. The van der Waals surface area contributed by atoms with Crippen LogP contribution in [0.2, 0.25) is 0 Å². The molecule has 0 aromatic heterocycles. The number of ether oxygens (including phenoxy) is 2. The molecule has 0 spiro atoms. The molecule has 0 rings (SSSR count). The number of halogens is 1. The number of guanidine groups is 1. The Bertz CT molecular complexity index is 479. The van der Waals surface area contributed by atoms with Crippen molar-refractivity contribution in [3.05, 3.63) is 10.1 Å². The minimum atomic E-state index is -0.988. The second kappa shape index (κ2) is 10.5. The fourth-order valence-electron chi connectivity index (χ4n) is 1.48. The van der Waals surface area contributed by atoms with Gasteiger partial charge in [-0.05, 0) is 33.6 Å². The number of aliphatic imine (C=N–C) groups is 1. The molecule has 138 valence electrons. The summed E-state index contributed by atoms with van der Waals surface area (Å²) < 4.78 is 9.72. The van der Waals surface area contributed by atoms with E-state index in [-0.39, 0.29) is 25.0 Å². The number of carbonyl (C=O) groups excluding carboxylic acids is 2. The van der Waals surface area contributed by atoms with E-state index in [0.29, 0.717) is 6.42 Å². The minimum absolute atomic E-state index is 0.104. The fraction of sp³-hybridized carbons (Fsp3) is 0.750. The highest BCUT2D eigenvalue weighted by Gasteiger charge is 2.25. The number of nitrogens with one attached hydrogen (secondary N) is 2. The monoisotopic (exact) mass is 367 g/mol. The fourth-order valence-corrected chi connectivity index (χ4v) is 1.58. The molecule has 0 aliphatic carbocycles. The SMILES string of the molecule is CC(C)(C)OC(=O)NC(CCCN=C(N)N[N+](=O)[O-])C(=O)OCCl. The van der Waals surface area contributed by atoms with Crippen molar-refractivity contribution in [2.24, 2.45) is 10.7 Å². The third kappa shape index (κ3) is 11.3. The number of rotatable bonds is 8. The number of nitrogens with zero attached hydrogens (tertiary/aromatic N) is 2. The highest BCUT2D eigenvalue weighted by atomic mass is 35.5. The molecule has 0 aliphatic rings. The van der Waals surface area contributed by atoms with Gasteiger partial charge in [-0.25, -0.2) is 24.7 Å². The zero-order chi connectivity index (χ0) is 18.8. The van der Waals surface area contributed by atoms with Gasteiger partial charge < -0.3 is 20.5 Å². The van der Waals surface area contributed by atoms with Crippen LogP contribution in [0, 0.1) is 10.1 Å². The van der Waals surface area contributed by atoms with Gasteiger partial charge in [0.1, 0.15) is 11.6 Å². The molecule has 0 fully saturated rings. The first-order valence-electron chi connectivity index (χ1n) is 6.98. The van der Waals surface area contributed by atoms with Crippen LogP contribution in [-0.2, 0) is 14.3 Å². The first-order chi connectivity index (χ1) is 11.0. The third-order valence-electron chi connectivity index (χ3n) is 2.31.